The summed E-state index contributed by atoms with van der Waals surface area (Å²) in [5.41, 5.74) is 10.5. The van der Waals surface area contributed by atoms with E-state index in [0.29, 0.717) is 29.1 Å². The lowest BCUT2D eigenvalue weighted by atomic mass is 9.98. The molecule has 0 aliphatic carbocycles. The summed E-state index contributed by atoms with van der Waals surface area (Å²) < 4.78 is 22.2. The summed E-state index contributed by atoms with van der Waals surface area (Å²) in [5, 5.41) is 4.47. The molecule has 0 fully saturated rings. The first kappa shape index (κ1) is 22.6. The predicted molar refractivity (Wildman–Crippen MR) is 126 cm³/mol. The molecule has 0 saturated heterocycles. The molecule has 3 aromatic carbocycles. The summed E-state index contributed by atoms with van der Waals surface area (Å²) in [6, 6.07) is 23.8. The van der Waals surface area contributed by atoms with Crippen molar-refractivity contribution in [2.24, 2.45) is 5.73 Å². The SMILES string of the molecule is COC(c1ccccc1)c1ccc(CC(=O)c2cc(C)nn2-c2cccc(CN)c2)c(F)c1. The number of aryl methyl sites for hydroxylation is 1. The Bertz CT molecular complexity index is 1270. The molecule has 168 valence electrons. The normalized spacial score (nSPS) is 12.0. The summed E-state index contributed by atoms with van der Waals surface area (Å²) in [7, 11) is 1.59. The van der Waals surface area contributed by atoms with E-state index in [9.17, 15) is 4.79 Å². The Balaban J connectivity index is 1.60. The van der Waals surface area contributed by atoms with E-state index in [1.165, 1.54) is 6.07 Å². The van der Waals surface area contributed by atoms with Crippen LogP contribution < -0.4 is 5.73 Å². The molecular weight excluding hydrogens is 417 g/mol. The number of carbonyl (C=O) groups excluding carboxylic acids is 1. The van der Waals surface area contributed by atoms with Gasteiger partial charge in [-0.25, -0.2) is 9.07 Å². The van der Waals surface area contributed by atoms with E-state index in [-0.39, 0.29) is 18.3 Å². The fourth-order valence-electron chi connectivity index (χ4n) is 3.94. The average Bonchev–Trinajstić information content (AvgIpc) is 3.24. The maximum atomic E-state index is 15.0. The minimum Gasteiger partial charge on any atom is -0.372 e. The van der Waals surface area contributed by atoms with Gasteiger partial charge in [-0.1, -0.05) is 54.6 Å². The van der Waals surface area contributed by atoms with Crippen LogP contribution in [0.3, 0.4) is 0 Å². The molecule has 0 spiro atoms. The molecule has 1 unspecified atom stereocenters. The van der Waals surface area contributed by atoms with Gasteiger partial charge in [0.1, 0.15) is 17.6 Å². The third-order valence-corrected chi connectivity index (χ3v) is 5.58. The number of benzene rings is 3. The number of methoxy groups -OCH3 is 1. The van der Waals surface area contributed by atoms with Gasteiger partial charge in [-0.05, 0) is 53.4 Å². The maximum Gasteiger partial charge on any atom is 0.185 e. The summed E-state index contributed by atoms with van der Waals surface area (Å²) in [4.78, 5) is 13.1. The Morgan fingerprint density at radius 2 is 1.82 bits per heavy atom. The number of hydrogen-bond donors (Lipinski definition) is 1. The zero-order valence-corrected chi connectivity index (χ0v) is 18.7. The number of nitrogens with zero attached hydrogens (tertiary/aromatic N) is 2. The first-order chi connectivity index (χ1) is 16.0. The fraction of sp³-hybridized carbons (Fsp3) is 0.185. The van der Waals surface area contributed by atoms with Crippen molar-refractivity contribution in [3.8, 4) is 5.69 Å². The van der Waals surface area contributed by atoms with Gasteiger partial charge >= 0.3 is 0 Å². The Morgan fingerprint density at radius 3 is 2.52 bits per heavy atom. The quantitative estimate of drug-likeness (QED) is 0.392. The van der Waals surface area contributed by atoms with E-state index in [1.54, 1.807) is 30.0 Å². The number of ether oxygens (including phenoxy) is 1. The van der Waals surface area contributed by atoms with Crippen molar-refractivity contribution in [2.75, 3.05) is 7.11 Å². The molecule has 0 saturated carbocycles. The number of aromatic nitrogens is 2. The van der Waals surface area contributed by atoms with Crippen molar-refractivity contribution in [3.05, 3.63) is 118 Å². The predicted octanol–water partition coefficient (Wildman–Crippen LogP) is 4.94. The summed E-state index contributed by atoms with van der Waals surface area (Å²) in [6.45, 7) is 2.21. The molecule has 0 radical (unpaired) electrons. The van der Waals surface area contributed by atoms with Gasteiger partial charge in [-0.15, -0.1) is 0 Å². The number of Topliss-reactive ketones (excluding diaryl/α,β-unsaturated/α-hetero) is 1. The lowest BCUT2D eigenvalue weighted by Gasteiger charge is -2.17. The summed E-state index contributed by atoms with van der Waals surface area (Å²) in [5.74, 6) is -0.654. The Hall–Kier alpha value is -3.61. The van der Waals surface area contributed by atoms with E-state index in [1.807, 2.05) is 61.5 Å². The minimum absolute atomic E-state index is 0.0726. The second-order valence-electron chi connectivity index (χ2n) is 7.93. The van der Waals surface area contributed by atoms with Gasteiger partial charge in [-0.2, -0.15) is 5.10 Å². The molecule has 6 heteroatoms. The number of rotatable bonds is 8. The van der Waals surface area contributed by atoms with Gasteiger partial charge in [0.2, 0.25) is 0 Å². The van der Waals surface area contributed by atoms with Crippen LogP contribution in [0.15, 0.2) is 78.9 Å². The minimum atomic E-state index is -0.438. The number of carbonyl (C=O) groups is 1. The number of nitrogens with two attached hydrogens (primary N) is 1. The fourth-order valence-corrected chi connectivity index (χ4v) is 3.94. The highest BCUT2D eigenvalue weighted by Gasteiger charge is 2.20. The van der Waals surface area contributed by atoms with Gasteiger partial charge in [0.25, 0.3) is 0 Å². The van der Waals surface area contributed by atoms with Crippen molar-refractivity contribution < 1.29 is 13.9 Å². The highest BCUT2D eigenvalue weighted by Crippen LogP contribution is 2.27. The molecular formula is C27H26FN3O2. The van der Waals surface area contributed by atoms with Crippen molar-refractivity contribution >= 4 is 5.78 Å². The number of hydrogen-bond acceptors (Lipinski definition) is 4. The molecule has 4 aromatic rings. The largest absolute Gasteiger partial charge is 0.372 e. The first-order valence-corrected chi connectivity index (χ1v) is 10.8. The maximum absolute atomic E-state index is 15.0. The number of ketones is 1. The highest BCUT2D eigenvalue weighted by atomic mass is 19.1. The molecule has 0 aliphatic heterocycles. The van der Waals surface area contributed by atoms with Crippen LogP contribution in [0.1, 0.15) is 44.5 Å². The van der Waals surface area contributed by atoms with Crippen molar-refractivity contribution in [2.45, 2.75) is 26.0 Å². The smallest absolute Gasteiger partial charge is 0.185 e. The summed E-state index contributed by atoms with van der Waals surface area (Å²) in [6.07, 6.45) is -0.457. The van der Waals surface area contributed by atoms with Crippen LogP contribution in [-0.4, -0.2) is 22.7 Å². The van der Waals surface area contributed by atoms with Gasteiger partial charge in [0.15, 0.2) is 5.78 Å². The molecule has 33 heavy (non-hydrogen) atoms. The summed E-state index contributed by atoms with van der Waals surface area (Å²) >= 11 is 0. The van der Waals surface area contributed by atoms with E-state index >= 15 is 4.39 Å². The molecule has 1 aromatic heterocycles. The van der Waals surface area contributed by atoms with Crippen LogP contribution >= 0.6 is 0 Å². The molecule has 1 atom stereocenters. The van der Waals surface area contributed by atoms with Crippen molar-refractivity contribution in [1.82, 2.24) is 9.78 Å². The highest BCUT2D eigenvalue weighted by molar-refractivity contribution is 5.96. The zero-order valence-electron chi connectivity index (χ0n) is 18.7. The van der Waals surface area contributed by atoms with Crippen LogP contribution in [-0.2, 0) is 17.7 Å². The van der Waals surface area contributed by atoms with E-state index in [0.717, 1.165) is 16.8 Å². The Kier molecular flexibility index (Phi) is 6.77. The van der Waals surface area contributed by atoms with Gasteiger partial charge in [0, 0.05) is 20.1 Å². The third-order valence-electron chi connectivity index (χ3n) is 5.58. The van der Waals surface area contributed by atoms with Crippen LogP contribution in [0, 0.1) is 12.7 Å². The van der Waals surface area contributed by atoms with Crippen molar-refractivity contribution in [1.29, 1.82) is 0 Å². The average molecular weight is 444 g/mol. The van der Waals surface area contributed by atoms with Crippen LogP contribution in [0.4, 0.5) is 4.39 Å². The second kappa shape index (κ2) is 9.90. The monoisotopic (exact) mass is 443 g/mol. The second-order valence-corrected chi connectivity index (χ2v) is 7.93. The number of halogens is 1. The Morgan fingerprint density at radius 1 is 1.03 bits per heavy atom. The van der Waals surface area contributed by atoms with Crippen LogP contribution in [0.25, 0.3) is 5.69 Å². The molecule has 1 heterocycles. The van der Waals surface area contributed by atoms with Crippen LogP contribution in [0.2, 0.25) is 0 Å². The van der Waals surface area contributed by atoms with Gasteiger partial charge < -0.3 is 10.5 Å². The van der Waals surface area contributed by atoms with Crippen LogP contribution in [0.5, 0.6) is 0 Å². The van der Waals surface area contributed by atoms with Crippen molar-refractivity contribution in [3.63, 3.8) is 0 Å². The van der Waals surface area contributed by atoms with E-state index in [2.05, 4.69) is 5.10 Å². The first-order valence-electron chi connectivity index (χ1n) is 10.8. The molecule has 0 bridgehead atoms. The topological polar surface area (TPSA) is 70.1 Å². The lowest BCUT2D eigenvalue weighted by molar-refractivity contribution is 0.0984. The Labute approximate surface area is 192 Å². The molecule has 2 N–H and O–H groups in total. The molecule has 5 nitrogen and oxygen atoms in total. The standard InChI is InChI=1S/C27H26FN3O2/c1-18-13-25(31(30-18)23-10-6-7-19(14-23)17-29)26(32)16-21-11-12-22(15-24(21)28)27(33-2)20-8-4-3-5-9-20/h3-15,27H,16-17,29H2,1-2H3. The van der Waals surface area contributed by atoms with E-state index in [4.69, 9.17) is 10.5 Å². The molecule has 0 aliphatic rings. The zero-order chi connectivity index (χ0) is 23.4. The lowest BCUT2D eigenvalue weighted by Crippen LogP contribution is -2.13. The van der Waals surface area contributed by atoms with Gasteiger partial charge in [-0.3, -0.25) is 4.79 Å². The van der Waals surface area contributed by atoms with Gasteiger partial charge in [0.05, 0.1) is 11.4 Å². The molecule has 4 rings (SSSR count). The third kappa shape index (κ3) is 4.92. The van der Waals surface area contributed by atoms with E-state index < -0.39 is 5.82 Å². The molecule has 0 amide bonds.